The molecule has 98 valence electrons. The summed E-state index contributed by atoms with van der Waals surface area (Å²) in [5.74, 6) is 1.16. The fourth-order valence-electron chi connectivity index (χ4n) is 2.24. The number of anilines is 2. The minimum absolute atomic E-state index is 0.124. The van der Waals surface area contributed by atoms with E-state index in [1.165, 1.54) is 0 Å². The van der Waals surface area contributed by atoms with Crippen LogP contribution in [0.2, 0.25) is 0 Å². The second kappa shape index (κ2) is 5.56. The molecule has 0 atom stereocenters. The third-order valence-corrected chi connectivity index (χ3v) is 3.84. The molecule has 0 spiro atoms. The molecule has 2 rings (SSSR count). The minimum atomic E-state index is 0.124. The van der Waals surface area contributed by atoms with Gasteiger partial charge in [-0.3, -0.25) is 4.79 Å². The number of carbonyl (C=O) groups excluding carboxylic acids is 1. The molecule has 0 bridgehead atoms. The Balaban J connectivity index is 2.03. The van der Waals surface area contributed by atoms with E-state index in [2.05, 4.69) is 31.1 Å². The summed E-state index contributed by atoms with van der Waals surface area (Å²) in [7, 11) is 1.69. The summed E-state index contributed by atoms with van der Waals surface area (Å²) in [6.45, 7) is 1.68. The summed E-state index contributed by atoms with van der Waals surface area (Å²) in [6, 6.07) is 1.85. The molecule has 18 heavy (non-hydrogen) atoms. The number of nitrogens with two attached hydrogens (primary N) is 1. The number of halogens is 1. The van der Waals surface area contributed by atoms with Crippen LogP contribution in [0, 0.1) is 5.92 Å². The molecule has 5 nitrogen and oxygen atoms in total. The standard InChI is InChI=1S/C12H17BrN4O/c1-15-12(18)8-2-4-17(5-3-8)11-10(13)6-9(14)7-16-11/h6-8H,2-5,14H2,1H3,(H,15,18). The molecule has 1 aliphatic heterocycles. The summed E-state index contributed by atoms with van der Waals surface area (Å²) >= 11 is 3.48. The van der Waals surface area contributed by atoms with E-state index in [9.17, 15) is 4.79 Å². The van der Waals surface area contributed by atoms with Crippen molar-refractivity contribution in [2.75, 3.05) is 30.8 Å². The van der Waals surface area contributed by atoms with Crippen LogP contribution in [0.4, 0.5) is 11.5 Å². The van der Waals surface area contributed by atoms with E-state index in [1.807, 2.05) is 6.07 Å². The molecule has 0 radical (unpaired) electrons. The summed E-state index contributed by atoms with van der Waals surface area (Å²) in [4.78, 5) is 18.1. The Morgan fingerprint density at radius 3 is 2.78 bits per heavy atom. The molecular formula is C12H17BrN4O. The number of amides is 1. The first kappa shape index (κ1) is 13.1. The van der Waals surface area contributed by atoms with Gasteiger partial charge >= 0.3 is 0 Å². The number of carbonyl (C=O) groups is 1. The number of hydrogen-bond acceptors (Lipinski definition) is 4. The minimum Gasteiger partial charge on any atom is -0.397 e. The van der Waals surface area contributed by atoms with Crippen molar-refractivity contribution in [3.63, 3.8) is 0 Å². The third kappa shape index (κ3) is 2.75. The van der Waals surface area contributed by atoms with E-state index in [0.717, 1.165) is 36.2 Å². The molecule has 1 amide bonds. The van der Waals surface area contributed by atoms with Gasteiger partial charge in [0.25, 0.3) is 0 Å². The van der Waals surface area contributed by atoms with E-state index in [-0.39, 0.29) is 11.8 Å². The maximum absolute atomic E-state index is 11.6. The van der Waals surface area contributed by atoms with Crippen LogP contribution in [0.5, 0.6) is 0 Å². The summed E-state index contributed by atoms with van der Waals surface area (Å²) in [6.07, 6.45) is 3.38. The normalized spacial score (nSPS) is 16.7. The van der Waals surface area contributed by atoms with Gasteiger partial charge in [0.1, 0.15) is 5.82 Å². The van der Waals surface area contributed by atoms with Gasteiger partial charge in [-0.05, 0) is 34.8 Å². The van der Waals surface area contributed by atoms with Crippen LogP contribution >= 0.6 is 15.9 Å². The van der Waals surface area contributed by atoms with Crippen LogP contribution in [-0.2, 0) is 4.79 Å². The molecular weight excluding hydrogens is 296 g/mol. The van der Waals surface area contributed by atoms with Gasteiger partial charge < -0.3 is 16.0 Å². The number of pyridine rings is 1. The number of aromatic nitrogens is 1. The average molecular weight is 313 g/mol. The molecule has 0 saturated carbocycles. The number of nitrogens with zero attached hydrogens (tertiary/aromatic N) is 2. The predicted octanol–water partition coefficient (Wildman–Crippen LogP) is 1.39. The Kier molecular flexibility index (Phi) is 4.06. The maximum atomic E-state index is 11.6. The van der Waals surface area contributed by atoms with Gasteiger partial charge in [0.15, 0.2) is 0 Å². The number of nitrogens with one attached hydrogen (secondary N) is 1. The molecule has 0 aromatic carbocycles. The zero-order valence-electron chi connectivity index (χ0n) is 10.3. The van der Waals surface area contributed by atoms with Crippen LogP contribution in [-0.4, -0.2) is 31.0 Å². The molecule has 1 aromatic heterocycles. The maximum Gasteiger partial charge on any atom is 0.222 e. The van der Waals surface area contributed by atoms with E-state index in [4.69, 9.17) is 5.73 Å². The second-order valence-electron chi connectivity index (χ2n) is 4.45. The van der Waals surface area contributed by atoms with Crippen LogP contribution < -0.4 is 16.0 Å². The first-order valence-electron chi connectivity index (χ1n) is 5.99. The zero-order valence-corrected chi connectivity index (χ0v) is 11.9. The predicted molar refractivity (Wildman–Crippen MR) is 75.4 cm³/mol. The molecule has 1 aromatic rings. The van der Waals surface area contributed by atoms with Gasteiger partial charge in [0.05, 0.1) is 16.4 Å². The van der Waals surface area contributed by atoms with Crippen molar-refractivity contribution >= 4 is 33.3 Å². The highest BCUT2D eigenvalue weighted by Gasteiger charge is 2.25. The van der Waals surface area contributed by atoms with Crippen molar-refractivity contribution in [3.8, 4) is 0 Å². The van der Waals surface area contributed by atoms with Crippen molar-refractivity contribution in [2.45, 2.75) is 12.8 Å². The van der Waals surface area contributed by atoms with Crippen LogP contribution in [0.15, 0.2) is 16.7 Å². The number of rotatable bonds is 2. The highest BCUT2D eigenvalue weighted by Crippen LogP contribution is 2.29. The Hall–Kier alpha value is -1.30. The lowest BCUT2D eigenvalue weighted by Crippen LogP contribution is -2.40. The summed E-state index contributed by atoms with van der Waals surface area (Å²) in [5.41, 5.74) is 6.32. The summed E-state index contributed by atoms with van der Waals surface area (Å²) < 4.78 is 0.904. The van der Waals surface area contributed by atoms with Gasteiger partial charge in [0.2, 0.25) is 5.91 Å². The van der Waals surface area contributed by atoms with Crippen molar-refractivity contribution in [2.24, 2.45) is 5.92 Å². The quantitative estimate of drug-likeness (QED) is 0.865. The van der Waals surface area contributed by atoms with Crippen molar-refractivity contribution < 1.29 is 4.79 Å². The van der Waals surface area contributed by atoms with E-state index in [1.54, 1.807) is 13.2 Å². The Labute approximate surface area is 115 Å². The fraction of sp³-hybridized carbons (Fsp3) is 0.500. The average Bonchev–Trinajstić information content (AvgIpc) is 2.38. The largest absolute Gasteiger partial charge is 0.397 e. The smallest absolute Gasteiger partial charge is 0.222 e. The van der Waals surface area contributed by atoms with E-state index < -0.39 is 0 Å². The zero-order chi connectivity index (χ0) is 13.1. The lowest BCUT2D eigenvalue weighted by Gasteiger charge is -2.32. The lowest BCUT2D eigenvalue weighted by atomic mass is 9.96. The van der Waals surface area contributed by atoms with Crippen LogP contribution in [0.25, 0.3) is 0 Å². The van der Waals surface area contributed by atoms with Gasteiger partial charge in [-0.25, -0.2) is 4.98 Å². The Morgan fingerprint density at radius 1 is 1.56 bits per heavy atom. The van der Waals surface area contributed by atoms with E-state index in [0.29, 0.717) is 5.69 Å². The molecule has 1 saturated heterocycles. The van der Waals surface area contributed by atoms with Crippen molar-refractivity contribution in [3.05, 3.63) is 16.7 Å². The fourth-order valence-corrected chi connectivity index (χ4v) is 2.85. The SMILES string of the molecule is CNC(=O)C1CCN(c2ncc(N)cc2Br)CC1. The topological polar surface area (TPSA) is 71.2 Å². The number of hydrogen-bond donors (Lipinski definition) is 2. The Morgan fingerprint density at radius 2 is 2.22 bits per heavy atom. The van der Waals surface area contributed by atoms with Crippen LogP contribution in [0.1, 0.15) is 12.8 Å². The second-order valence-corrected chi connectivity index (χ2v) is 5.30. The van der Waals surface area contributed by atoms with Crippen molar-refractivity contribution in [1.82, 2.24) is 10.3 Å². The third-order valence-electron chi connectivity index (χ3n) is 3.25. The molecule has 0 aliphatic carbocycles. The van der Waals surface area contributed by atoms with E-state index >= 15 is 0 Å². The van der Waals surface area contributed by atoms with Gasteiger partial charge in [-0.1, -0.05) is 0 Å². The first-order chi connectivity index (χ1) is 8.61. The monoisotopic (exact) mass is 312 g/mol. The van der Waals surface area contributed by atoms with Crippen molar-refractivity contribution in [1.29, 1.82) is 0 Å². The highest BCUT2D eigenvalue weighted by molar-refractivity contribution is 9.10. The lowest BCUT2D eigenvalue weighted by molar-refractivity contribution is -0.125. The van der Waals surface area contributed by atoms with Gasteiger partial charge in [-0.2, -0.15) is 0 Å². The molecule has 3 N–H and O–H groups in total. The highest BCUT2D eigenvalue weighted by atomic mass is 79.9. The number of piperidine rings is 1. The Bertz CT molecular complexity index is 444. The molecule has 6 heteroatoms. The molecule has 1 fully saturated rings. The van der Waals surface area contributed by atoms with Crippen LogP contribution in [0.3, 0.4) is 0 Å². The molecule has 1 aliphatic rings. The molecule has 2 heterocycles. The first-order valence-corrected chi connectivity index (χ1v) is 6.78. The number of nitrogen functional groups attached to an aromatic ring is 1. The summed E-state index contributed by atoms with van der Waals surface area (Å²) in [5, 5.41) is 2.71. The molecule has 0 unspecified atom stereocenters. The van der Waals surface area contributed by atoms with Gasteiger partial charge in [-0.15, -0.1) is 0 Å². The van der Waals surface area contributed by atoms with Gasteiger partial charge in [0, 0.05) is 26.1 Å².